The summed E-state index contributed by atoms with van der Waals surface area (Å²) < 4.78 is 0. The summed E-state index contributed by atoms with van der Waals surface area (Å²) in [6.07, 6.45) is 0. The van der Waals surface area contributed by atoms with Crippen molar-refractivity contribution in [3.05, 3.63) is 96.1 Å². The number of carbonyl (C=O) groups excluding carboxylic acids is 1. The number of nitrogens with one attached hydrogen (secondary N) is 3. The molecule has 0 spiro atoms. The van der Waals surface area contributed by atoms with Crippen LogP contribution in [0, 0.1) is 0 Å². The second-order valence-corrected chi connectivity index (χ2v) is 6.50. The van der Waals surface area contributed by atoms with Crippen molar-refractivity contribution in [2.75, 3.05) is 10.6 Å². The van der Waals surface area contributed by atoms with E-state index in [1.54, 1.807) is 6.07 Å². The van der Waals surface area contributed by atoms with Gasteiger partial charge in [-0.15, -0.1) is 0 Å². The second-order valence-electron chi connectivity index (χ2n) is 6.10. The van der Waals surface area contributed by atoms with E-state index >= 15 is 0 Å². The van der Waals surface area contributed by atoms with Crippen LogP contribution in [0.1, 0.15) is 28.9 Å². The van der Waals surface area contributed by atoms with Crippen LogP contribution >= 0.6 is 12.2 Å². The van der Waals surface area contributed by atoms with Gasteiger partial charge in [-0.25, -0.2) is 0 Å². The monoisotopic (exact) mass is 375 g/mol. The number of hydrogen-bond acceptors (Lipinski definition) is 2. The van der Waals surface area contributed by atoms with Crippen LogP contribution in [0.2, 0.25) is 0 Å². The molecule has 0 fully saturated rings. The van der Waals surface area contributed by atoms with E-state index in [1.165, 1.54) is 0 Å². The number of amides is 1. The molecule has 3 rings (SSSR count). The van der Waals surface area contributed by atoms with Crippen molar-refractivity contribution in [1.29, 1.82) is 0 Å². The van der Waals surface area contributed by atoms with Gasteiger partial charge in [0, 0.05) is 5.69 Å². The van der Waals surface area contributed by atoms with E-state index in [0.29, 0.717) is 16.4 Å². The predicted octanol–water partition coefficient (Wildman–Crippen LogP) is 4.99. The van der Waals surface area contributed by atoms with Crippen LogP contribution in [0.25, 0.3) is 0 Å². The van der Waals surface area contributed by atoms with Crippen molar-refractivity contribution in [1.82, 2.24) is 5.32 Å². The molecule has 3 aromatic carbocycles. The first-order valence-corrected chi connectivity index (χ1v) is 9.12. The highest BCUT2D eigenvalue weighted by Crippen LogP contribution is 2.18. The molecule has 1 atom stereocenters. The zero-order chi connectivity index (χ0) is 19.1. The molecule has 1 amide bonds. The van der Waals surface area contributed by atoms with Crippen LogP contribution in [-0.4, -0.2) is 11.0 Å². The number of rotatable bonds is 5. The molecule has 3 aromatic rings. The molecule has 0 aromatic heterocycles. The van der Waals surface area contributed by atoms with Gasteiger partial charge < -0.3 is 16.0 Å². The first-order valence-electron chi connectivity index (χ1n) is 8.71. The van der Waals surface area contributed by atoms with E-state index in [1.807, 2.05) is 85.8 Å². The van der Waals surface area contributed by atoms with Gasteiger partial charge in [0.25, 0.3) is 5.91 Å². The second kappa shape index (κ2) is 8.96. The fourth-order valence-electron chi connectivity index (χ4n) is 2.70. The Morgan fingerprint density at radius 1 is 0.815 bits per heavy atom. The first kappa shape index (κ1) is 18.6. The number of hydrogen-bond donors (Lipinski definition) is 3. The number of carbonyl (C=O) groups is 1. The van der Waals surface area contributed by atoms with Crippen molar-refractivity contribution in [3.8, 4) is 0 Å². The zero-order valence-corrected chi connectivity index (χ0v) is 15.8. The van der Waals surface area contributed by atoms with Crippen molar-refractivity contribution >= 4 is 34.6 Å². The van der Waals surface area contributed by atoms with Gasteiger partial charge in [-0.2, -0.15) is 0 Å². The minimum Gasteiger partial charge on any atom is -0.345 e. The lowest BCUT2D eigenvalue weighted by molar-refractivity contribution is 0.0941. The Morgan fingerprint density at radius 2 is 1.41 bits per heavy atom. The van der Waals surface area contributed by atoms with Gasteiger partial charge in [0.05, 0.1) is 17.3 Å². The molecule has 4 nitrogen and oxygen atoms in total. The van der Waals surface area contributed by atoms with E-state index in [-0.39, 0.29) is 11.9 Å². The standard InChI is InChI=1S/C22H21N3OS/c1-16(17-10-4-2-5-11-17)23-21(26)19-14-8-9-15-20(19)25-22(27)24-18-12-6-3-7-13-18/h2-16H,1H3,(H,23,26)(H2,24,25,27)/t16-/m1/s1. The van der Waals surface area contributed by atoms with Crippen LogP contribution < -0.4 is 16.0 Å². The largest absolute Gasteiger partial charge is 0.345 e. The number of anilines is 2. The van der Waals surface area contributed by atoms with Gasteiger partial charge >= 0.3 is 0 Å². The van der Waals surface area contributed by atoms with Gasteiger partial charge in [-0.1, -0.05) is 60.7 Å². The molecule has 0 heterocycles. The highest BCUT2D eigenvalue weighted by atomic mass is 32.1. The van der Waals surface area contributed by atoms with Gasteiger partial charge in [-0.05, 0) is 49.0 Å². The molecule has 0 unspecified atom stereocenters. The molecule has 0 bridgehead atoms. The Morgan fingerprint density at radius 3 is 2.11 bits per heavy atom. The van der Waals surface area contributed by atoms with Crippen LogP contribution in [0.4, 0.5) is 11.4 Å². The Kier molecular flexibility index (Phi) is 6.18. The molecule has 0 aliphatic rings. The molecular formula is C22H21N3OS. The maximum atomic E-state index is 12.8. The molecule has 0 aliphatic carbocycles. The summed E-state index contributed by atoms with van der Waals surface area (Å²) in [6.45, 7) is 1.96. The number of benzene rings is 3. The van der Waals surface area contributed by atoms with E-state index in [2.05, 4.69) is 16.0 Å². The minimum atomic E-state index is -0.156. The Labute approximate surface area is 164 Å². The molecule has 27 heavy (non-hydrogen) atoms. The van der Waals surface area contributed by atoms with Crippen LogP contribution in [0.5, 0.6) is 0 Å². The van der Waals surface area contributed by atoms with Crippen LogP contribution in [0.15, 0.2) is 84.9 Å². The topological polar surface area (TPSA) is 53.2 Å². The average molecular weight is 375 g/mol. The molecule has 0 saturated carbocycles. The third-order valence-electron chi connectivity index (χ3n) is 4.10. The normalized spacial score (nSPS) is 11.3. The summed E-state index contributed by atoms with van der Waals surface area (Å²) in [5, 5.41) is 9.69. The van der Waals surface area contributed by atoms with Crippen LogP contribution in [-0.2, 0) is 0 Å². The summed E-state index contributed by atoms with van der Waals surface area (Å²) in [7, 11) is 0. The number of para-hydroxylation sites is 2. The first-order chi connectivity index (χ1) is 13.1. The summed E-state index contributed by atoms with van der Waals surface area (Å²) in [6, 6.07) is 26.7. The zero-order valence-electron chi connectivity index (χ0n) is 15.0. The summed E-state index contributed by atoms with van der Waals surface area (Å²) in [4.78, 5) is 12.8. The van der Waals surface area contributed by atoms with Crippen LogP contribution in [0.3, 0.4) is 0 Å². The maximum Gasteiger partial charge on any atom is 0.253 e. The Bertz CT molecular complexity index is 913. The smallest absolute Gasteiger partial charge is 0.253 e. The Balaban J connectivity index is 1.69. The van der Waals surface area contributed by atoms with Crippen molar-refractivity contribution in [3.63, 3.8) is 0 Å². The van der Waals surface area contributed by atoms with Gasteiger partial charge in [-0.3, -0.25) is 4.79 Å². The van der Waals surface area contributed by atoms with E-state index in [4.69, 9.17) is 12.2 Å². The molecule has 5 heteroatoms. The highest BCUT2D eigenvalue weighted by Gasteiger charge is 2.15. The minimum absolute atomic E-state index is 0.0962. The lowest BCUT2D eigenvalue weighted by atomic mass is 10.1. The molecule has 0 aliphatic heterocycles. The lowest BCUT2D eigenvalue weighted by Gasteiger charge is -2.17. The third-order valence-corrected chi connectivity index (χ3v) is 4.30. The molecule has 3 N–H and O–H groups in total. The summed E-state index contributed by atoms with van der Waals surface area (Å²) >= 11 is 5.37. The summed E-state index contributed by atoms with van der Waals surface area (Å²) in [5.74, 6) is -0.156. The predicted molar refractivity (Wildman–Crippen MR) is 115 cm³/mol. The number of thiocarbonyl (C=S) groups is 1. The van der Waals surface area contributed by atoms with E-state index in [9.17, 15) is 4.79 Å². The Hall–Kier alpha value is -3.18. The lowest BCUT2D eigenvalue weighted by Crippen LogP contribution is -2.28. The van der Waals surface area contributed by atoms with Crippen molar-refractivity contribution in [2.24, 2.45) is 0 Å². The average Bonchev–Trinajstić information content (AvgIpc) is 2.69. The fraction of sp³-hybridized carbons (Fsp3) is 0.0909. The third kappa shape index (κ3) is 5.15. The van der Waals surface area contributed by atoms with Gasteiger partial charge in [0.1, 0.15) is 0 Å². The SMILES string of the molecule is C[C@@H](NC(=O)c1ccccc1NC(=S)Nc1ccccc1)c1ccccc1. The van der Waals surface area contributed by atoms with Gasteiger partial charge in [0.2, 0.25) is 0 Å². The maximum absolute atomic E-state index is 12.8. The molecule has 0 radical (unpaired) electrons. The molecule has 0 saturated heterocycles. The van der Waals surface area contributed by atoms with E-state index in [0.717, 1.165) is 11.3 Å². The quantitative estimate of drug-likeness (QED) is 0.550. The summed E-state index contributed by atoms with van der Waals surface area (Å²) in [5.41, 5.74) is 3.13. The molecule has 136 valence electrons. The van der Waals surface area contributed by atoms with Crippen molar-refractivity contribution < 1.29 is 4.79 Å². The van der Waals surface area contributed by atoms with Gasteiger partial charge in [0.15, 0.2) is 5.11 Å². The fourth-order valence-corrected chi connectivity index (χ4v) is 2.92. The van der Waals surface area contributed by atoms with Crippen molar-refractivity contribution in [2.45, 2.75) is 13.0 Å². The highest BCUT2D eigenvalue weighted by molar-refractivity contribution is 7.80. The molecular weight excluding hydrogens is 354 g/mol. The van der Waals surface area contributed by atoms with E-state index < -0.39 is 0 Å².